The maximum absolute atomic E-state index is 13.4. The molecule has 0 heterocycles. The van der Waals surface area contributed by atoms with Gasteiger partial charge >= 0.3 is 0 Å². The SMILES string of the molecule is CCCCNC(=O)[C@@H](CC)N(Cc1ccc(OC)cc1)C(=O)COc1cc(C)cc(C)c1C. The van der Waals surface area contributed by atoms with Gasteiger partial charge in [-0.05, 0) is 74.1 Å². The molecule has 180 valence electrons. The monoisotopic (exact) mass is 454 g/mol. The predicted molar refractivity (Wildman–Crippen MR) is 132 cm³/mol. The number of carbonyl (C=O) groups excluding carboxylic acids is 2. The van der Waals surface area contributed by atoms with E-state index < -0.39 is 6.04 Å². The van der Waals surface area contributed by atoms with Crippen LogP contribution < -0.4 is 14.8 Å². The quantitative estimate of drug-likeness (QED) is 0.471. The molecule has 0 saturated heterocycles. The first kappa shape index (κ1) is 26.2. The van der Waals surface area contributed by atoms with Crippen LogP contribution in [0.1, 0.15) is 55.4 Å². The molecule has 1 N–H and O–H groups in total. The average molecular weight is 455 g/mol. The zero-order valence-electron chi connectivity index (χ0n) is 20.9. The van der Waals surface area contributed by atoms with E-state index in [0.29, 0.717) is 25.3 Å². The summed E-state index contributed by atoms with van der Waals surface area (Å²) in [6, 6.07) is 11.0. The molecule has 0 spiro atoms. The molecule has 1 atom stereocenters. The highest BCUT2D eigenvalue weighted by Gasteiger charge is 2.29. The molecule has 0 fully saturated rings. The van der Waals surface area contributed by atoms with Gasteiger partial charge in [-0.15, -0.1) is 0 Å². The smallest absolute Gasteiger partial charge is 0.261 e. The van der Waals surface area contributed by atoms with Gasteiger partial charge in [-0.3, -0.25) is 9.59 Å². The van der Waals surface area contributed by atoms with Crippen LogP contribution in [-0.2, 0) is 16.1 Å². The van der Waals surface area contributed by atoms with Gasteiger partial charge in [-0.2, -0.15) is 0 Å². The van der Waals surface area contributed by atoms with E-state index in [0.717, 1.165) is 40.8 Å². The summed E-state index contributed by atoms with van der Waals surface area (Å²) in [5, 5.41) is 2.98. The molecular weight excluding hydrogens is 416 g/mol. The Hall–Kier alpha value is -3.02. The highest BCUT2D eigenvalue weighted by Crippen LogP contribution is 2.24. The van der Waals surface area contributed by atoms with Gasteiger partial charge in [0.25, 0.3) is 5.91 Å². The fourth-order valence-corrected chi connectivity index (χ4v) is 3.73. The van der Waals surface area contributed by atoms with Crippen LogP contribution in [0.5, 0.6) is 11.5 Å². The number of carbonyl (C=O) groups is 2. The standard InChI is InChI=1S/C27H38N2O4/c1-7-9-14-28-27(31)24(8-2)29(17-22-10-12-23(32-6)13-11-22)26(30)18-33-25-16-19(3)15-20(4)21(25)5/h10-13,15-16,24H,7-9,14,17-18H2,1-6H3,(H,28,31)/t24-/m1/s1. The maximum atomic E-state index is 13.4. The van der Waals surface area contributed by atoms with Crippen LogP contribution in [0, 0.1) is 20.8 Å². The molecule has 2 aromatic rings. The van der Waals surface area contributed by atoms with Gasteiger partial charge in [0.15, 0.2) is 6.61 Å². The summed E-state index contributed by atoms with van der Waals surface area (Å²) >= 11 is 0. The molecule has 0 aliphatic carbocycles. The van der Waals surface area contributed by atoms with Gasteiger partial charge in [0, 0.05) is 13.1 Å². The summed E-state index contributed by atoms with van der Waals surface area (Å²) in [7, 11) is 1.62. The molecule has 2 amide bonds. The van der Waals surface area contributed by atoms with Crippen molar-refractivity contribution in [3.63, 3.8) is 0 Å². The third-order valence-corrected chi connectivity index (χ3v) is 5.84. The van der Waals surface area contributed by atoms with Gasteiger partial charge < -0.3 is 19.7 Å². The lowest BCUT2D eigenvalue weighted by Gasteiger charge is -2.30. The normalized spacial score (nSPS) is 11.6. The first-order valence-electron chi connectivity index (χ1n) is 11.7. The van der Waals surface area contributed by atoms with Crippen molar-refractivity contribution >= 4 is 11.8 Å². The summed E-state index contributed by atoms with van der Waals surface area (Å²) in [6.45, 7) is 10.8. The van der Waals surface area contributed by atoms with Crippen molar-refractivity contribution in [1.82, 2.24) is 10.2 Å². The number of nitrogens with one attached hydrogen (secondary N) is 1. The molecule has 33 heavy (non-hydrogen) atoms. The molecule has 2 rings (SSSR count). The minimum Gasteiger partial charge on any atom is -0.497 e. The summed E-state index contributed by atoms with van der Waals surface area (Å²) in [6.07, 6.45) is 2.42. The van der Waals surface area contributed by atoms with Crippen LogP contribution in [0.3, 0.4) is 0 Å². The lowest BCUT2D eigenvalue weighted by atomic mass is 10.1. The number of unbranched alkanes of at least 4 members (excludes halogenated alkanes) is 1. The molecule has 0 aliphatic rings. The highest BCUT2D eigenvalue weighted by atomic mass is 16.5. The summed E-state index contributed by atoms with van der Waals surface area (Å²) in [5.41, 5.74) is 4.14. The second-order valence-electron chi connectivity index (χ2n) is 8.43. The first-order chi connectivity index (χ1) is 15.8. The molecule has 6 nitrogen and oxygen atoms in total. The van der Waals surface area contributed by atoms with E-state index in [1.165, 1.54) is 0 Å². The van der Waals surface area contributed by atoms with E-state index in [1.807, 2.05) is 58.0 Å². The third kappa shape index (κ3) is 7.52. The summed E-state index contributed by atoms with van der Waals surface area (Å²) < 4.78 is 11.2. The third-order valence-electron chi connectivity index (χ3n) is 5.84. The zero-order chi connectivity index (χ0) is 24.4. The Kier molecular flexibility index (Phi) is 10.2. The Labute approximate surface area is 198 Å². The van der Waals surface area contributed by atoms with Gasteiger partial charge in [0.05, 0.1) is 7.11 Å². The molecule has 0 bridgehead atoms. The van der Waals surface area contributed by atoms with Crippen LogP contribution in [-0.4, -0.2) is 43.0 Å². The van der Waals surface area contributed by atoms with E-state index in [4.69, 9.17) is 9.47 Å². The van der Waals surface area contributed by atoms with E-state index in [-0.39, 0.29) is 18.4 Å². The number of rotatable bonds is 12. The van der Waals surface area contributed by atoms with Gasteiger partial charge in [0.1, 0.15) is 17.5 Å². The van der Waals surface area contributed by atoms with Crippen molar-refractivity contribution in [1.29, 1.82) is 0 Å². The Bertz CT molecular complexity index is 924. The van der Waals surface area contributed by atoms with Crippen LogP contribution in [0.15, 0.2) is 36.4 Å². The Balaban J connectivity index is 2.23. The van der Waals surface area contributed by atoms with E-state index in [2.05, 4.69) is 18.3 Å². The van der Waals surface area contributed by atoms with Gasteiger partial charge in [-0.1, -0.05) is 38.5 Å². The minimum absolute atomic E-state index is 0.126. The highest BCUT2D eigenvalue weighted by molar-refractivity contribution is 5.88. The van der Waals surface area contributed by atoms with Crippen LogP contribution >= 0.6 is 0 Å². The number of methoxy groups -OCH3 is 1. The van der Waals surface area contributed by atoms with Crippen molar-refractivity contribution in [3.05, 3.63) is 58.7 Å². The van der Waals surface area contributed by atoms with Crippen LogP contribution in [0.2, 0.25) is 0 Å². The molecule has 0 unspecified atom stereocenters. The second-order valence-corrected chi connectivity index (χ2v) is 8.43. The predicted octanol–water partition coefficient (Wildman–Crippen LogP) is 4.72. The summed E-state index contributed by atoms with van der Waals surface area (Å²) in [5.74, 6) is 1.09. The second kappa shape index (κ2) is 12.9. The van der Waals surface area contributed by atoms with E-state index in [9.17, 15) is 9.59 Å². The maximum Gasteiger partial charge on any atom is 0.261 e. The topological polar surface area (TPSA) is 67.9 Å². The first-order valence-corrected chi connectivity index (χ1v) is 11.7. The zero-order valence-corrected chi connectivity index (χ0v) is 20.9. The number of benzene rings is 2. The summed E-state index contributed by atoms with van der Waals surface area (Å²) in [4.78, 5) is 27.9. The van der Waals surface area contributed by atoms with Crippen molar-refractivity contribution in [2.75, 3.05) is 20.3 Å². The van der Waals surface area contributed by atoms with E-state index >= 15 is 0 Å². The van der Waals surface area contributed by atoms with Crippen LogP contribution in [0.25, 0.3) is 0 Å². The number of ether oxygens (including phenoxy) is 2. The molecular formula is C27H38N2O4. The van der Waals surface area contributed by atoms with Crippen molar-refractivity contribution in [2.45, 2.75) is 66.5 Å². The number of amides is 2. The molecule has 0 aliphatic heterocycles. The van der Waals surface area contributed by atoms with E-state index in [1.54, 1.807) is 12.0 Å². The number of hydrogen-bond donors (Lipinski definition) is 1. The molecule has 0 saturated carbocycles. The fourth-order valence-electron chi connectivity index (χ4n) is 3.73. The molecule has 0 radical (unpaired) electrons. The molecule has 2 aromatic carbocycles. The van der Waals surface area contributed by atoms with Crippen molar-refractivity contribution < 1.29 is 19.1 Å². The van der Waals surface area contributed by atoms with Gasteiger partial charge in [-0.25, -0.2) is 0 Å². The molecule has 6 heteroatoms. The minimum atomic E-state index is -0.569. The molecule has 0 aromatic heterocycles. The lowest BCUT2D eigenvalue weighted by molar-refractivity contribution is -0.143. The van der Waals surface area contributed by atoms with Crippen LogP contribution in [0.4, 0.5) is 0 Å². The number of nitrogens with zero attached hydrogens (tertiary/aromatic N) is 1. The van der Waals surface area contributed by atoms with Gasteiger partial charge in [0.2, 0.25) is 5.91 Å². The number of hydrogen-bond acceptors (Lipinski definition) is 4. The fraction of sp³-hybridized carbons (Fsp3) is 0.481. The van der Waals surface area contributed by atoms with Crippen molar-refractivity contribution in [3.8, 4) is 11.5 Å². The Morgan fingerprint density at radius 1 is 1.06 bits per heavy atom. The largest absolute Gasteiger partial charge is 0.497 e. The Morgan fingerprint density at radius 2 is 1.76 bits per heavy atom. The van der Waals surface area contributed by atoms with Crippen molar-refractivity contribution in [2.24, 2.45) is 0 Å². The average Bonchev–Trinajstić information content (AvgIpc) is 2.80. The number of aryl methyl sites for hydroxylation is 2. The Morgan fingerprint density at radius 3 is 2.36 bits per heavy atom. The lowest BCUT2D eigenvalue weighted by Crippen LogP contribution is -2.50.